The van der Waals surface area contributed by atoms with Gasteiger partial charge in [0.05, 0.1) is 18.6 Å². The molecule has 0 fully saturated rings. The number of benzene rings is 1. The number of urea groups is 1. The van der Waals surface area contributed by atoms with Crippen molar-refractivity contribution < 1.29 is 14.0 Å². The minimum Gasteiger partial charge on any atom is -0.467 e. The van der Waals surface area contributed by atoms with E-state index in [2.05, 4.69) is 22.8 Å². The Hall–Kier alpha value is -2.21. The average molecular weight is 332 g/mol. The molecule has 0 radical (unpaired) electrons. The van der Waals surface area contributed by atoms with Crippen LogP contribution in [0.2, 0.25) is 0 Å². The van der Waals surface area contributed by atoms with Gasteiger partial charge < -0.3 is 9.73 Å². The number of rotatable bonds is 5. The molecule has 3 amide bonds. The molecule has 6 heteroatoms. The van der Waals surface area contributed by atoms with E-state index >= 15 is 0 Å². The first-order valence-electron chi connectivity index (χ1n) is 7.26. The third-order valence-electron chi connectivity index (χ3n) is 3.21. The zero-order valence-corrected chi connectivity index (χ0v) is 14.3. The largest absolute Gasteiger partial charge is 0.467 e. The molecule has 0 aliphatic heterocycles. The standard InChI is InChI=1S/C17H20N2O3S/c1-11-7-12(2)16(13(3)8-11)23-10-15(20)19-17(21)18-9-14-5-4-6-22-14/h4-8H,9-10H2,1-3H3,(H2,18,19,20,21). The fraction of sp³-hybridized carbons (Fsp3) is 0.294. The second-order valence-electron chi connectivity index (χ2n) is 5.33. The van der Waals surface area contributed by atoms with Gasteiger partial charge in [-0.2, -0.15) is 0 Å². The summed E-state index contributed by atoms with van der Waals surface area (Å²) in [5.41, 5.74) is 3.48. The quantitative estimate of drug-likeness (QED) is 0.824. The third kappa shape index (κ3) is 5.17. The van der Waals surface area contributed by atoms with Gasteiger partial charge in [-0.1, -0.05) is 17.7 Å². The highest BCUT2D eigenvalue weighted by molar-refractivity contribution is 8.00. The van der Waals surface area contributed by atoms with E-state index in [9.17, 15) is 9.59 Å². The highest BCUT2D eigenvalue weighted by Crippen LogP contribution is 2.27. The predicted octanol–water partition coefficient (Wildman–Crippen LogP) is 3.32. The van der Waals surface area contributed by atoms with Crippen molar-refractivity contribution in [2.75, 3.05) is 5.75 Å². The summed E-state index contributed by atoms with van der Waals surface area (Å²) in [4.78, 5) is 24.6. The lowest BCUT2D eigenvalue weighted by molar-refractivity contribution is -0.117. The van der Waals surface area contributed by atoms with Crippen molar-refractivity contribution in [2.24, 2.45) is 0 Å². The molecule has 2 N–H and O–H groups in total. The summed E-state index contributed by atoms with van der Waals surface area (Å²) in [6.07, 6.45) is 1.53. The Morgan fingerprint density at radius 3 is 2.48 bits per heavy atom. The Balaban J connectivity index is 1.80. The zero-order valence-electron chi connectivity index (χ0n) is 13.4. The molecule has 2 aromatic rings. The van der Waals surface area contributed by atoms with Gasteiger partial charge >= 0.3 is 6.03 Å². The number of hydrogen-bond acceptors (Lipinski definition) is 4. The van der Waals surface area contributed by atoms with Crippen LogP contribution >= 0.6 is 11.8 Å². The van der Waals surface area contributed by atoms with Crippen LogP contribution in [0.4, 0.5) is 4.79 Å². The van der Waals surface area contributed by atoms with Gasteiger partial charge in [0.25, 0.3) is 0 Å². The summed E-state index contributed by atoms with van der Waals surface area (Å²) in [7, 11) is 0. The summed E-state index contributed by atoms with van der Waals surface area (Å²) >= 11 is 1.44. The molecule has 1 heterocycles. The minimum atomic E-state index is -0.524. The van der Waals surface area contributed by atoms with E-state index in [-0.39, 0.29) is 18.2 Å². The van der Waals surface area contributed by atoms with Crippen molar-refractivity contribution >= 4 is 23.7 Å². The molecule has 0 unspecified atom stereocenters. The molecule has 0 bridgehead atoms. The van der Waals surface area contributed by atoms with Gasteiger partial charge in [-0.15, -0.1) is 11.8 Å². The Bertz CT molecular complexity index is 673. The van der Waals surface area contributed by atoms with Gasteiger partial charge in [-0.05, 0) is 44.0 Å². The summed E-state index contributed by atoms with van der Waals surface area (Å²) in [6, 6.07) is 7.14. The molecule has 0 atom stereocenters. The van der Waals surface area contributed by atoms with Crippen LogP contribution < -0.4 is 10.6 Å². The number of carbonyl (C=O) groups excluding carboxylic acids is 2. The maximum atomic E-state index is 11.9. The Kier molecular flexibility index (Phi) is 5.87. The lowest BCUT2D eigenvalue weighted by Crippen LogP contribution is -2.39. The van der Waals surface area contributed by atoms with Crippen molar-refractivity contribution in [3.63, 3.8) is 0 Å². The monoisotopic (exact) mass is 332 g/mol. The SMILES string of the molecule is Cc1cc(C)c(SCC(=O)NC(=O)NCc2ccco2)c(C)c1. The number of aryl methyl sites for hydroxylation is 3. The summed E-state index contributed by atoms with van der Waals surface area (Å²) < 4.78 is 5.10. The van der Waals surface area contributed by atoms with E-state index in [1.165, 1.54) is 23.6 Å². The summed E-state index contributed by atoms with van der Waals surface area (Å²) in [5, 5.41) is 4.88. The second kappa shape index (κ2) is 7.87. The molecule has 122 valence electrons. The van der Waals surface area contributed by atoms with Crippen LogP contribution in [0.1, 0.15) is 22.5 Å². The molecular weight excluding hydrogens is 312 g/mol. The molecule has 23 heavy (non-hydrogen) atoms. The maximum Gasteiger partial charge on any atom is 0.321 e. The molecule has 0 saturated carbocycles. The van der Waals surface area contributed by atoms with Gasteiger partial charge in [0.2, 0.25) is 5.91 Å². The molecule has 5 nitrogen and oxygen atoms in total. The van der Waals surface area contributed by atoms with Gasteiger partial charge in [-0.25, -0.2) is 4.79 Å². The molecule has 0 aliphatic carbocycles. The zero-order chi connectivity index (χ0) is 16.8. The predicted molar refractivity (Wildman–Crippen MR) is 90.5 cm³/mol. The van der Waals surface area contributed by atoms with Crippen LogP contribution in [0.3, 0.4) is 0 Å². The van der Waals surface area contributed by atoms with Crippen molar-refractivity contribution in [2.45, 2.75) is 32.2 Å². The molecule has 2 rings (SSSR count). The van der Waals surface area contributed by atoms with E-state index in [0.29, 0.717) is 5.76 Å². The Labute approximate surface area is 139 Å². The summed E-state index contributed by atoms with van der Waals surface area (Å²) in [5.74, 6) is 0.498. The number of thioether (sulfide) groups is 1. The fourth-order valence-corrected chi connectivity index (χ4v) is 3.24. The van der Waals surface area contributed by atoms with Gasteiger partial charge in [0, 0.05) is 4.90 Å². The topological polar surface area (TPSA) is 71.3 Å². The van der Waals surface area contributed by atoms with E-state index in [0.717, 1.165) is 16.0 Å². The number of hydrogen-bond donors (Lipinski definition) is 2. The van der Waals surface area contributed by atoms with Crippen LogP contribution in [-0.2, 0) is 11.3 Å². The van der Waals surface area contributed by atoms with Crippen LogP contribution in [0.25, 0.3) is 0 Å². The normalized spacial score (nSPS) is 10.4. The van der Waals surface area contributed by atoms with Crippen LogP contribution in [-0.4, -0.2) is 17.7 Å². The molecule has 0 spiro atoms. The molecule has 1 aromatic heterocycles. The lowest BCUT2D eigenvalue weighted by Gasteiger charge is -2.11. The van der Waals surface area contributed by atoms with Gasteiger partial charge in [-0.3, -0.25) is 10.1 Å². The highest BCUT2D eigenvalue weighted by Gasteiger charge is 2.11. The minimum absolute atomic E-state index is 0.193. The maximum absolute atomic E-state index is 11.9. The fourth-order valence-electron chi connectivity index (χ4n) is 2.32. The number of carbonyl (C=O) groups is 2. The Morgan fingerprint density at radius 2 is 1.87 bits per heavy atom. The lowest BCUT2D eigenvalue weighted by atomic mass is 10.1. The van der Waals surface area contributed by atoms with Crippen LogP contribution in [0.15, 0.2) is 39.8 Å². The van der Waals surface area contributed by atoms with Gasteiger partial charge in [0.15, 0.2) is 0 Å². The first-order chi connectivity index (χ1) is 11.0. The molecule has 0 aliphatic rings. The van der Waals surface area contributed by atoms with Crippen molar-refractivity contribution in [3.05, 3.63) is 53.0 Å². The van der Waals surface area contributed by atoms with Crippen LogP contribution in [0.5, 0.6) is 0 Å². The molecule has 1 aromatic carbocycles. The Morgan fingerprint density at radius 1 is 1.17 bits per heavy atom. The number of amides is 3. The van der Waals surface area contributed by atoms with Crippen molar-refractivity contribution in [1.29, 1.82) is 0 Å². The van der Waals surface area contributed by atoms with Crippen molar-refractivity contribution in [1.82, 2.24) is 10.6 Å². The van der Waals surface area contributed by atoms with Crippen molar-refractivity contribution in [3.8, 4) is 0 Å². The number of furan rings is 1. The van der Waals surface area contributed by atoms with E-state index < -0.39 is 6.03 Å². The third-order valence-corrected chi connectivity index (χ3v) is 4.55. The van der Waals surface area contributed by atoms with E-state index in [1.807, 2.05) is 20.8 Å². The first-order valence-corrected chi connectivity index (χ1v) is 8.25. The van der Waals surface area contributed by atoms with Crippen LogP contribution in [0, 0.1) is 20.8 Å². The number of imide groups is 1. The van der Waals surface area contributed by atoms with E-state index in [4.69, 9.17) is 4.42 Å². The van der Waals surface area contributed by atoms with E-state index in [1.54, 1.807) is 12.1 Å². The van der Waals surface area contributed by atoms with Gasteiger partial charge in [0.1, 0.15) is 5.76 Å². The second-order valence-corrected chi connectivity index (χ2v) is 6.31. The molecular formula is C17H20N2O3S. The molecule has 0 saturated heterocycles. The average Bonchev–Trinajstić information content (AvgIpc) is 2.97. The first kappa shape index (κ1) is 17.1. The number of nitrogens with one attached hydrogen (secondary N) is 2. The summed E-state index contributed by atoms with van der Waals surface area (Å²) in [6.45, 7) is 6.34. The smallest absolute Gasteiger partial charge is 0.321 e. The highest BCUT2D eigenvalue weighted by atomic mass is 32.2.